The molecule has 5 nitrogen and oxygen atoms in total. The molecule has 0 heterocycles. The van der Waals surface area contributed by atoms with E-state index in [1.54, 1.807) is 13.8 Å². The Bertz CT molecular complexity index is 512. The maximum atomic E-state index is 12.3. The quantitative estimate of drug-likeness (QED) is 0.514. The number of rotatable bonds is 6. The Hall–Kier alpha value is 0.130. The number of hydrogen-bond donors (Lipinski definition) is 1. The van der Waals surface area contributed by atoms with Gasteiger partial charge in [0.1, 0.15) is 20.1 Å². The van der Waals surface area contributed by atoms with Crippen LogP contribution in [0, 0.1) is 0 Å². The molecular formula is C10H11Cl4O5P. The second-order valence-corrected chi connectivity index (χ2v) is 6.41. The smallest absolute Gasteiger partial charge is 0.505 e. The van der Waals surface area contributed by atoms with E-state index < -0.39 is 13.6 Å². The summed E-state index contributed by atoms with van der Waals surface area (Å²) in [6, 6.07) is 0. The minimum atomic E-state index is -3.92. The number of benzene rings is 1. The molecule has 1 aromatic rings. The van der Waals surface area contributed by atoms with E-state index in [0.29, 0.717) is 0 Å². The fourth-order valence-electron chi connectivity index (χ4n) is 1.20. The van der Waals surface area contributed by atoms with E-state index in [1.165, 1.54) is 0 Å². The Labute approximate surface area is 136 Å². The molecule has 20 heavy (non-hydrogen) atoms. The van der Waals surface area contributed by atoms with Gasteiger partial charge < -0.3 is 9.63 Å². The highest BCUT2D eigenvalue weighted by atomic mass is 35.5. The van der Waals surface area contributed by atoms with Crippen LogP contribution in [0.15, 0.2) is 0 Å². The second-order valence-electron chi connectivity index (χ2n) is 3.31. The molecule has 0 amide bonds. The topological polar surface area (TPSA) is 65.0 Å². The zero-order chi connectivity index (χ0) is 15.5. The molecule has 0 saturated carbocycles. The van der Waals surface area contributed by atoms with Gasteiger partial charge in [-0.3, -0.25) is 9.05 Å². The molecule has 0 saturated heterocycles. The molecule has 0 aliphatic heterocycles. The molecule has 114 valence electrons. The van der Waals surface area contributed by atoms with Crippen LogP contribution in [0.2, 0.25) is 20.1 Å². The summed E-state index contributed by atoms with van der Waals surface area (Å²) < 4.78 is 27.3. The molecule has 1 aromatic carbocycles. The Kier molecular flexibility index (Phi) is 6.74. The van der Waals surface area contributed by atoms with Crippen molar-refractivity contribution in [3.05, 3.63) is 20.1 Å². The molecule has 10 heteroatoms. The monoisotopic (exact) mass is 382 g/mol. The molecule has 0 aliphatic rings. The zero-order valence-electron chi connectivity index (χ0n) is 10.5. The summed E-state index contributed by atoms with van der Waals surface area (Å²) in [5.41, 5.74) is 0. The van der Waals surface area contributed by atoms with Gasteiger partial charge in [-0.1, -0.05) is 46.4 Å². The van der Waals surface area contributed by atoms with Crippen LogP contribution in [0.1, 0.15) is 13.8 Å². The summed E-state index contributed by atoms with van der Waals surface area (Å²) in [6.07, 6.45) is 0. The minimum Gasteiger partial charge on any atom is -0.505 e. The number of halogens is 4. The third-order valence-electron chi connectivity index (χ3n) is 1.98. The van der Waals surface area contributed by atoms with Crippen molar-refractivity contribution in [1.29, 1.82) is 0 Å². The lowest BCUT2D eigenvalue weighted by Gasteiger charge is -2.19. The molecule has 0 unspecified atom stereocenters. The van der Waals surface area contributed by atoms with Crippen molar-refractivity contribution in [2.24, 2.45) is 0 Å². The van der Waals surface area contributed by atoms with Crippen LogP contribution in [0.5, 0.6) is 11.5 Å². The summed E-state index contributed by atoms with van der Waals surface area (Å²) in [5.74, 6) is -0.787. The van der Waals surface area contributed by atoms with Crippen LogP contribution in [0.4, 0.5) is 0 Å². The van der Waals surface area contributed by atoms with Crippen molar-refractivity contribution in [3.8, 4) is 11.5 Å². The van der Waals surface area contributed by atoms with E-state index in [4.69, 9.17) is 60.0 Å². The number of hydrogen-bond acceptors (Lipinski definition) is 5. The molecule has 0 radical (unpaired) electrons. The number of aromatic hydroxyl groups is 1. The Morgan fingerprint density at radius 2 is 1.35 bits per heavy atom. The summed E-state index contributed by atoms with van der Waals surface area (Å²) in [5, 5.41) is 8.51. The van der Waals surface area contributed by atoms with E-state index in [1.807, 2.05) is 0 Å². The molecule has 0 atom stereocenters. The van der Waals surface area contributed by atoms with Gasteiger partial charge in [0.15, 0.2) is 11.5 Å². The first kappa shape index (κ1) is 18.2. The van der Waals surface area contributed by atoms with Crippen molar-refractivity contribution in [1.82, 2.24) is 0 Å². The highest BCUT2D eigenvalue weighted by Crippen LogP contribution is 2.56. The average Bonchev–Trinajstić information content (AvgIpc) is 2.40. The van der Waals surface area contributed by atoms with Gasteiger partial charge in [-0.15, -0.1) is 0 Å². The summed E-state index contributed by atoms with van der Waals surface area (Å²) in [6.45, 7) is 3.36. The summed E-state index contributed by atoms with van der Waals surface area (Å²) in [7, 11) is -3.92. The fraction of sp³-hybridized carbons (Fsp3) is 0.400. The van der Waals surface area contributed by atoms with Gasteiger partial charge in [0.25, 0.3) is 0 Å². The fourth-order valence-corrected chi connectivity index (χ4v) is 3.43. The number of phenolic OH excluding ortho intramolecular Hbond substituents is 1. The molecule has 0 aromatic heterocycles. The van der Waals surface area contributed by atoms with Gasteiger partial charge in [0.2, 0.25) is 0 Å². The lowest BCUT2D eigenvalue weighted by molar-refractivity contribution is 0.167. The van der Waals surface area contributed by atoms with Crippen LogP contribution in [-0.4, -0.2) is 18.3 Å². The maximum Gasteiger partial charge on any atom is 0.530 e. The van der Waals surface area contributed by atoms with Crippen LogP contribution >= 0.6 is 54.2 Å². The molecule has 0 aliphatic carbocycles. The van der Waals surface area contributed by atoms with Crippen LogP contribution < -0.4 is 4.52 Å². The van der Waals surface area contributed by atoms with E-state index in [0.717, 1.165) is 0 Å². The van der Waals surface area contributed by atoms with Gasteiger partial charge in [-0.2, -0.15) is 0 Å². The lowest BCUT2D eigenvalue weighted by atomic mass is 10.3. The average molecular weight is 384 g/mol. The van der Waals surface area contributed by atoms with Gasteiger partial charge >= 0.3 is 7.82 Å². The highest BCUT2D eigenvalue weighted by molar-refractivity contribution is 7.49. The Morgan fingerprint density at radius 1 is 0.950 bits per heavy atom. The first-order valence-electron chi connectivity index (χ1n) is 5.41. The number of phenols is 1. The predicted molar refractivity (Wildman–Crippen MR) is 79.6 cm³/mol. The zero-order valence-corrected chi connectivity index (χ0v) is 14.4. The van der Waals surface area contributed by atoms with Crippen LogP contribution in [-0.2, 0) is 13.6 Å². The Morgan fingerprint density at radius 3 is 1.70 bits per heavy atom. The summed E-state index contributed by atoms with van der Waals surface area (Å²) >= 11 is 23.3. The van der Waals surface area contributed by atoms with Crippen molar-refractivity contribution < 1.29 is 23.2 Å². The van der Waals surface area contributed by atoms with Crippen LogP contribution in [0.25, 0.3) is 0 Å². The number of phosphoric acid groups is 1. The van der Waals surface area contributed by atoms with Gasteiger partial charge in [-0.05, 0) is 13.8 Å². The van der Waals surface area contributed by atoms with E-state index in [2.05, 4.69) is 0 Å². The van der Waals surface area contributed by atoms with Gasteiger partial charge in [-0.25, -0.2) is 4.57 Å². The normalized spacial score (nSPS) is 11.7. The van der Waals surface area contributed by atoms with Crippen molar-refractivity contribution in [2.75, 3.05) is 13.2 Å². The molecule has 1 rings (SSSR count). The summed E-state index contributed by atoms with van der Waals surface area (Å²) in [4.78, 5) is 0. The van der Waals surface area contributed by atoms with E-state index >= 15 is 0 Å². The molecular weight excluding hydrogens is 373 g/mol. The molecule has 0 fully saturated rings. The SMILES string of the molecule is CCOP(=O)(OCC)Oc1c(Cl)c(Cl)c(O)c(Cl)c1Cl. The standard InChI is InChI=1S/C10H11Cl4O5P/c1-3-17-20(16,18-4-2)19-10-7(13)5(11)9(15)6(12)8(10)14/h15H,3-4H2,1-2H3. The minimum absolute atomic E-state index is 0.0755. The predicted octanol–water partition coefficient (Wildman–Crippen LogP) is 5.57. The highest BCUT2D eigenvalue weighted by Gasteiger charge is 2.32. The van der Waals surface area contributed by atoms with E-state index in [-0.39, 0.29) is 39.1 Å². The second kappa shape index (κ2) is 7.41. The third-order valence-corrected chi connectivity index (χ3v) is 5.18. The van der Waals surface area contributed by atoms with Crippen molar-refractivity contribution >= 4 is 54.2 Å². The molecule has 1 N–H and O–H groups in total. The van der Waals surface area contributed by atoms with Crippen LogP contribution in [0.3, 0.4) is 0 Å². The Balaban J connectivity index is 3.30. The van der Waals surface area contributed by atoms with Gasteiger partial charge in [0, 0.05) is 0 Å². The third kappa shape index (κ3) is 3.86. The molecule has 0 spiro atoms. The van der Waals surface area contributed by atoms with Crippen molar-refractivity contribution in [3.63, 3.8) is 0 Å². The number of phosphoric ester groups is 1. The van der Waals surface area contributed by atoms with Crippen molar-refractivity contribution in [2.45, 2.75) is 13.8 Å². The molecule has 0 bridgehead atoms. The first-order chi connectivity index (χ1) is 9.27. The van der Waals surface area contributed by atoms with E-state index in [9.17, 15) is 9.67 Å². The maximum absolute atomic E-state index is 12.3. The lowest BCUT2D eigenvalue weighted by Crippen LogP contribution is -2.03. The van der Waals surface area contributed by atoms with Gasteiger partial charge in [0.05, 0.1) is 13.2 Å². The largest absolute Gasteiger partial charge is 0.530 e. The first-order valence-corrected chi connectivity index (χ1v) is 8.38.